The number of thiophene rings is 1. The maximum absolute atomic E-state index is 4.90. The summed E-state index contributed by atoms with van der Waals surface area (Å²) in [6.45, 7) is 6.81. The van der Waals surface area contributed by atoms with Crippen molar-refractivity contribution < 1.29 is 0 Å². The molecule has 0 atom stereocenters. The molecule has 2 heteroatoms. The van der Waals surface area contributed by atoms with Gasteiger partial charge in [-0.05, 0) is 70.1 Å². The Balaban J connectivity index is 1.68. The van der Waals surface area contributed by atoms with Crippen molar-refractivity contribution in [2.45, 2.75) is 27.2 Å². The Morgan fingerprint density at radius 3 is 2.44 bits per heavy atom. The van der Waals surface area contributed by atoms with Gasteiger partial charge in [-0.2, -0.15) is 0 Å². The van der Waals surface area contributed by atoms with Gasteiger partial charge in [-0.3, -0.25) is 4.98 Å². The fourth-order valence-electron chi connectivity index (χ4n) is 5.05. The standard InChI is InChI=1S/C30H25NS/c1-18(2)15-22-17-23(16-21-12-11-20-8-4-5-9-24(20)27(21)22)28-30-26(13-14-31-28)25-10-6-7-19(3)29(25)32-30/h4-14,16-18H,15H2,1-3H3. The predicted molar refractivity (Wildman–Crippen MR) is 141 cm³/mol. The molecule has 0 radical (unpaired) electrons. The zero-order chi connectivity index (χ0) is 21.8. The topological polar surface area (TPSA) is 12.9 Å². The van der Waals surface area contributed by atoms with E-state index < -0.39 is 0 Å². The average Bonchev–Trinajstić information content (AvgIpc) is 3.18. The first-order valence-electron chi connectivity index (χ1n) is 11.3. The molecule has 0 bridgehead atoms. The van der Waals surface area contributed by atoms with E-state index >= 15 is 0 Å². The fraction of sp³-hybridized carbons (Fsp3) is 0.167. The van der Waals surface area contributed by atoms with E-state index in [1.807, 2.05) is 17.5 Å². The van der Waals surface area contributed by atoms with Crippen LogP contribution in [0.3, 0.4) is 0 Å². The largest absolute Gasteiger partial charge is 0.255 e. The Labute approximate surface area is 192 Å². The van der Waals surface area contributed by atoms with E-state index in [1.165, 1.54) is 58.4 Å². The van der Waals surface area contributed by atoms with Crippen LogP contribution in [0.25, 0.3) is 53.0 Å². The molecular formula is C30H25NS. The van der Waals surface area contributed by atoms with Crippen LogP contribution in [0.1, 0.15) is 25.0 Å². The van der Waals surface area contributed by atoms with E-state index in [2.05, 4.69) is 93.6 Å². The lowest BCUT2D eigenvalue weighted by atomic mass is 9.90. The third kappa shape index (κ3) is 3.02. The summed E-state index contributed by atoms with van der Waals surface area (Å²) in [6, 6.07) is 26.8. The second kappa shape index (κ2) is 7.43. The summed E-state index contributed by atoms with van der Waals surface area (Å²) in [5, 5.41) is 7.98. The first-order chi connectivity index (χ1) is 15.6. The lowest BCUT2D eigenvalue weighted by Crippen LogP contribution is -1.97. The van der Waals surface area contributed by atoms with Gasteiger partial charge in [0.2, 0.25) is 0 Å². The molecule has 1 nitrogen and oxygen atoms in total. The number of hydrogen-bond acceptors (Lipinski definition) is 2. The number of aromatic nitrogens is 1. The van der Waals surface area contributed by atoms with Gasteiger partial charge in [0, 0.05) is 27.2 Å². The molecule has 4 aromatic carbocycles. The highest BCUT2D eigenvalue weighted by Crippen LogP contribution is 2.41. The number of rotatable bonds is 3. The first kappa shape index (κ1) is 19.5. The van der Waals surface area contributed by atoms with Crippen molar-refractivity contribution in [3.05, 3.63) is 90.1 Å². The summed E-state index contributed by atoms with van der Waals surface area (Å²) in [7, 11) is 0. The van der Waals surface area contributed by atoms with Gasteiger partial charge in [-0.25, -0.2) is 0 Å². The summed E-state index contributed by atoms with van der Waals surface area (Å²) in [5.41, 5.74) is 5.07. The van der Waals surface area contributed by atoms with Crippen LogP contribution in [-0.4, -0.2) is 4.98 Å². The van der Waals surface area contributed by atoms with Gasteiger partial charge in [-0.15, -0.1) is 11.3 Å². The monoisotopic (exact) mass is 431 g/mol. The number of aryl methyl sites for hydroxylation is 1. The van der Waals surface area contributed by atoms with Crippen LogP contribution in [-0.2, 0) is 6.42 Å². The smallest absolute Gasteiger partial charge is 0.0880 e. The zero-order valence-electron chi connectivity index (χ0n) is 18.6. The fourth-order valence-corrected chi connectivity index (χ4v) is 6.32. The van der Waals surface area contributed by atoms with Crippen LogP contribution in [0.4, 0.5) is 0 Å². The molecule has 0 aliphatic rings. The minimum absolute atomic E-state index is 0.586. The number of hydrogen-bond donors (Lipinski definition) is 0. The summed E-state index contributed by atoms with van der Waals surface area (Å²) in [5.74, 6) is 0.586. The molecule has 2 aromatic heterocycles. The molecule has 0 spiro atoms. The van der Waals surface area contributed by atoms with Crippen molar-refractivity contribution in [1.82, 2.24) is 4.98 Å². The first-order valence-corrected chi connectivity index (χ1v) is 12.1. The van der Waals surface area contributed by atoms with Gasteiger partial charge in [-0.1, -0.05) is 68.4 Å². The lowest BCUT2D eigenvalue weighted by Gasteiger charge is -2.15. The molecule has 0 fully saturated rings. The highest BCUT2D eigenvalue weighted by Gasteiger charge is 2.16. The summed E-state index contributed by atoms with van der Waals surface area (Å²) < 4.78 is 2.65. The Morgan fingerprint density at radius 2 is 1.56 bits per heavy atom. The Kier molecular flexibility index (Phi) is 4.51. The van der Waals surface area contributed by atoms with Gasteiger partial charge < -0.3 is 0 Å². The second-order valence-corrected chi connectivity index (χ2v) is 10.2. The van der Waals surface area contributed by atoms with E-state index in [1.54, 1.807) is 0 Å². The minimum atomic E-state index is 0.586. The van der Waals surface area contributed by atoms with Gasteiger partial charge in [0.25, 0.3) is 0 Å². The third-order valence-electron chi connectivity index (χ3n) is 6.44. The molecule has 0 unspecified atom stereocenters. The summed E-state index contributed by atoms with van der Waals surface area (Å²) in [4.78, 5) is 4.90. The predicted octanol–water partition coefficient (Wildman–Crippen LogP) is 8.93. The van der Waals surface area contributed by atoms with Crippen molar-refractivity contribution in [3.8, 4) is 11.3 Å². The van der Waals surface area contributed by atoms with Gasteiger partial charge in [0.05, 0.1) is 10.4 Å². The minimum Gasteiger partial charge on any atom is -0.255 e. The van der Waals surface area contributed by atoms with E-state index in [0.29, 0.717) is 5.92 Å². The Bertz CT molecular complexity index is 1640. The quantitative estimate of drug-likeness (QED) is 0.255. The molecule has 6 aromatic rings. The molecular weight excluding hydrogens is 406 g/mol. The number of pyridine rings is 1. The Morgan fingerprint density at radius 1 is 0.781 bits per heavy atom. The van der Waals surface area contributed by atoms with Crippen molar-refractivity contribution >= 4 is 53.1 Å². The van der Waals surface area contributed by atoms with Crippen LogP contribution >= 0.6 is 11.3 Å². The molecule has 0 saturated heterocycles. The van der Waals surface area contributed by atoms with Crippen LogP contribution < -0.4 is 0 Å². The van der Waals surface area contributed by atoms with E-state index in [4.69, 9.17) is 4.98 Å². The lowest BCUT2D eigenvalue weighted by molar-refractivity contribution is 0.650. The van der Waals surface area contributed by atoms with E-state index in [-0.39, 0.29) is 0 Å². The average molecular weight is 432 g/mol. The normalized spacial score (nSPS) is 12.0. The Hall–Kier alpha value is -3.23. The van der Waals surface area contributed by atoms with E-state index in [0.717, 1.165) is 12.1 Å². The molecule has 32 heavy (non-hydrogen) atoms. The highest BCUT2D eigenvalue weighted by atomic mass is 32.1. The van der Waals surface area contributed by atoms with Crippen molar-refractivity contribution in [1.29, 1.82) is 0 Å². The van der Waals surface area contributed by atoms with Crippen LogP contribution in [0.15, 0.2) is 79.0 Å². The molecule has 0 N–H and O–H groups in total. The highest BCUT2D eigenvalue weighted by molar-refractivity contribution is 7.26. The number of nitrogens with zero attached hydrogens (tertiary/aromatic N) is 1. The molecule has 0 aliphatic heterocycles. The molecule has 6 rings (SSSR count). The molecule has 0 amide bonds. The number of fused-ring (bicyclic) bond motifs is 6. The van der Waals surface area contributed by atoms with Crippen LogP contribution in [0, 0.1) is 12.8 Å². The molecule has 156 valence electrons. The zero-order valence-corrected chi connectivity index (χ0v) is 19.5. The van der Waals surface area contributed by atoms with Crippen molar-refractivity contribution in [2.75, 3.05) is 0 Å². The van der Waals surface area contributed by atoms with Crippen molar-refractivity contribution in [2.24, 2.45) is 5.92 Å². The van der Waals surface area contributed by atoms with Crippen molar-refractivity contribution in [3.63, 3.8) is 0 Å². The molecule has 0 aliphatic carbocycles. The third-order valence-corrected chi connectivity index (χ3v) is 7.80. The SMILES string of the molecule is Cc1cccc2c1sc1c(-c3cc(CC(C)C)c4c(ccc5ccccc54)c3)nccc12. The maximum Gasteiger partial charge on any atom is 0.0880 e. The number of benzene rings is 4. The summed E-state index contributed by atoms with van der Waals surface area (Å²) >= 11 is 1.87. The van der Waals surface area contributed by atoms with Gasteiger partial charge in [0.1, 0.15) is 0 Å². The summed E-state index contributed by atoms with van der Waals surface area (Å²) in [6.07, 6.45) is 3.03. The molecule has 2 heterocycles. The van der Waals surface area contributed by atoms with Crippen LogP contribution in [0.5, 0.6) is 0 Å². The molecule has 0 saturated carbocycles. The van der Waals surface area contributed by atoms with E-state index in [9.17, 15) is 0 Å². The van der Waals surface area contributed by atoms with Gasteiger partial charge in [0.15, 0.2) is 0 Å². The second-order valence-electron chi connectivity index (χ2n) is 9.21. The maximum atomic E-state index is 4.90. The van der Waals surface area contributed by atoms with Crippen LogP contribution in [0.2, 0.25) is 0 Å². The van der Waals surface area contributed by atoms with Gasteiger partial charge >= 0.3 is 0 Å².